The fourth-order valence-corrected chi connectivity index (χ4v) is 14.0. The quantitative estimate of drug-likeness (QED) is 0.135. The third kappa shape index (κ3) is 13.9. The van der Waals surface area contributed by atoms with Gasteiger partial charge in [0.2, 0.25) is 23.6 Å². The third-order valence-corrected chi connectivity index (χ3v) is 19.9. The van der Waals surface area contributed by atoms with Gasteiger partial charge in [-0.15, -0.1) is 0 Å². The Balaban J connectivity index is 0.000000211. The smallest absolute Gasteiger partial charge is 0.408 e. The van der Waals surface area contributed by atoms with E-state index in [4.69, 9.17) is 28.4 Å². The molecule has 4 aliphatic heterocycles. The Morgan fingerprint density at radius 1 is 0.593 bits per heavy atom. The summed E-state index contributed by atoms with van der Waals surface area (Å²) in [7, 11) is 2.99. The molecule has 8 aliphatic rings. The van der Waals surface area contributed by atoms with Crippen molar-refractivity contribution in [1.82, 2.24) is 40.4 Å². The number of halogens is 4. The van der Waals surface area contributed by atoms with Gasteiger partial charge in [0.25, 0.3) is 11.8 Å². The normalized spacial score (nSPS) is 33.2. The molecule has 4 saturated carbocycles. The molecule has 2 aromatic heterocycles. The molecule has 2 N–H and O–H groups in total. The second-order valence-corrected chi connectivity index (χ2v) is 28.1. The summed E-state index contributed by atoms with van der Waals surface area (Å²) in [4.78, 5) is 99.4. The Labute approximate surface area is 551 Å². The van der Waals surface area contributed by atoms with Gasteiger partial charge in [-0.25, -0.2) is 42.1 Å². The topological polar surface area (TPSA) is 240 Å². The number of alkyl carbamates (subject to hydrolysis) is 2. The van der Waals surface area contributed by atoms with Crippen LogP contribution < -0.4 is 29.6 Å². The summed E-state index contributed by atoms with van der Waals surface area (Å²) in [6.07, 6.45) is 5.70. The molecule has 2 saturated heterocycles. The summed E-state index contributed by atoms with van der Waals surface area (Å²) < 4.78 is 100.0. The Morgan fingerprint density at radius 2 is 1.02 bits per heavy atom. The maximum absolute atomic E-state index is 16.4. The molecule has 492 valence electrons. The fraction of sp³-hybridized carbons (Fsp3) is 0.662. The van der Waals surface area contributed by atoms with Crippen molar-refractivity contribution in [1.29, 1.82) is 0 Å². The van der Waals surface area contributed by atoms with Gasteiger partial charge in [-0.2, -0.15) is 17.6 Å². The Bertz CT molecular complexity index is 3430. The molecule has 20 nitrogen and oxygen atoms in total. The molecule has 2 radical (unpaired) electrons. The minimum absolute atomic E-state index is 0. The van der Waals surface area contributed by atoms with Gasteiger partial charge in [0.1, 0.15) is 47.5 Å². The molecule has 4 amide bonds. The number of hydrogen-bond donors (Lipinski definition) is 2. The van der Waals surface area contributed by atoms with E-state index in [1.54, 1.807) is 36.4 Å². The summed E-state index contributed by atoms with van der Waals surface area (Å²) in [5.74, 6) is -10.6. The maximum atomic E-state index is 16.4. The first-order chi connectivity index (χ1) is 42.0. The van der Waals surface area contributed by atoms with Gasteiger partial charge in [0.05, 0.1) is 49.4 Å². The van der Waals surface area contributed by atoms with Crippen LogP contribution >= 0.6 is 0 Å². The minimum atomic E-state index is -3.33. The summed E-state index contributed by atoms with van der Waals surface area (Å²) in [5, 5.41) is 5.52. The van der Waals surface area contributed by atoms with E-state index in [1.807, 2.05) is 74.9 Å². The van der Waals surface area contributed by atoms with Crippen LogP contribution in [0.4, 0.5) is 27.2 Å². The van der Waals surface area contributed by atoms with Crippen LogP contribution in [-0.2, 0) is 77.6 Å². The van der Waals surface area contributed by atoms with E-state index in [2.05, 4.69) is 30.6 Å². The molecule has 16 atom stereocenters. The van der Waals surface area contributed by atoms with E-state index in [0.29, 0.717) is 86.7 Å². The molecular weight excluding hydrogens is 1260 g/mol. The number of fused-ring (bicyclic) bond motifs is 12. The predicted molar refractivity (Wildman–Crippen MR) is 315 cm³/mol. The largest absolute Gasteiger partial charge is 0.540 e. The number of amides is 4. The maximum Gasteiger partial charge on any atom is 0.408 e. The molecule has 0 spiro atoms. The predicted octanol–water partition coefficient (Wildman–Crippen LogP) is 9.95. The number of ether oxygens (including phenoxy) is 6. The number of benzene rings is 2. The van der Waals surface area contributed by atoms with E-state index in [1.165, 1.54) is 24.0 Å². The van der Waals surface area contributed by atoms with Crippen LogP contribution in [0.2, 0.25) is 0 Å². The standard InChI is InChI=1S/C33H41F2N4O6.C32H39F2N4O6.2V/c1-7-20-24(16-40)39-15-25(20)44-28-26(36-22-11-10-19(43-6)13-23(22)37-28)33(34,35)21-12-17(21)8-9-18-14-32(18,5)45-30(42)38-27(29(39)41)31(2,3)4;1-6-19-23(15-39)38-14-25(19)43-28-26(35-21-10-9-18(42-5)13-22(21)36-28)32(33,34)20-11-16(20)7-8-17-12-24(17)44-30(41)37-27(29(38)40)31(2,3)4;;/h10-11,13,17-18,20-21,24-25,27H,7-9,12,14-15H2,1-6H3,(H,38,42);9-10,13,16-17,19-20,23-25,27H,6-8,11-12,14H2,1-5H3,(H,37,41);;/q2*-1;;/t17?,18-,20+,21?,24-,25+,27-,32-;16?,17-,19+,20?,23-,24-,25+,27-;;/m11../s1. The molecular formula is C65H80F4N8O12V2-2. The van der Waals surface area contributed by atoms with Crippen molar-refractivity contribution in [3.8, 4) is 23.3 Å². The molecule has 6 fully saturated rings. The Kier molecular flexibility index (Phi) is 19.9. The first-order valence-electron chi connectivity index (χ1n) is 31.2. The molecule has 2 aromatic carbocycles. The zero-order chi connectivity index (χ0) is 64.0. The van der Waals surface area contributed by atoms with Gasteiger partial charge in [-0.1, -0.05) is 80.3 Å². The molecule has 4 bridgehead atoms. The van der Waals surface area contributed by atoms with E-state index in [0.717, 1.165) is 0 Å². The first kappa shape index (κ1) is 69.4. The van der Waals surface area contributed by atoms with Crippen LogP contribution in [-0.4, -0.2) is 142 Å². The van der Waals surface area contributed by atoms with E-state index in [-0.39, 0.29) is 103 Å². The second-order valence-electron chi connectivity index (χ2n) is 28.1. The second kappa shape index (κ2) is 26.1. The molecule has 91 heavy (non-hydrogen) atoms. The van der Waals surface area contributed by atoms with Crippen LogP contribution in [0.1, 0.15) is 138 Å². The van der Waals surface area contributed by atoms with Crippen LogP contribution in [0.15, 0.2) is 36.4 Å². The summed E-state index contributed by atoms with van der Waals surface area (Å²) >= 11 is 0. The van der Waals surface area contributed by atoms with E-state index < -0.39 is 124 Å². The summed E-state index contributed by atoms with van der Waals surface area (Å²) in [5.41, 5.74) is -2.08. The van der Waals surface area contributed by atoms with Gasteiger partial charge in [0.15, 0.2) is 11.4 Å². The van der Waals surface area contributed by atoms with Crippen LogP contribution in [0.5, 0.6) is 23.3 Å². The molecule has 26 heteroatoms. The van der Waals surface area contributed by atoms with Crippen LogP contribution in [0.3, 0.4) is 0 Å². The third-order valence-electron chi connectivity index (χ3n) is 19.9. The number of nitrogens with one attached hydrogen (secondary N) is 2. The van der Waals surface area contributed by atoms with Gasteiger partial charge >= 0.3 is 12.2 Å². The minimum Gasteiger partial charge on any atom is -0.540 e. The fourth-order valence-electron chi connectivity index (χ4n) is 14.0. The number of alkyl halides is 4. The molecule has 4 unspecified atom stereocenters. The summed E-state index contributed by atoms with van der Waals surface area (Å²) in [6, 6.07) is 5.58. The molecule has 6 heterocycles. The average Bonchev–Trinajstić information content (AvgIpc) is 1.67. The van der Waals surface area contributed by atoms with Gasteiger partial charge < -0.3 is 58.4 Å². The number of carbonyl (C=O) groups is 4. The number of rotatable bonds is 6. The molecule has 4 aliphatic carbocycles. The SMILES string of the molecule is CC[C@@H]1[C@@H]2CN(C(=O)[C@H](C(C)(C)C)NC(=O)O[C@@H]3C[C@H]3CCC3CC3C(F)(F)c3nc4ccc(OC)cc4nc3O2)[C@@H]1[C-]=O.CC[C@@H]1[C@@H]2CN(C(=O)[C@H](C(C)(C)C)NC(=O)O[C@]3(C)C[C@H]3CCC3CC3C(F)(F)c3nc4ccc(OC)cc4nc3O2)[C@@H]1[C-]=O.[V].[V]. The monoisotopic (exact) mass is 1340 g/mol. The molecule has 4 aromatic rings. The average molecular weight is 1340 g/mol. The zero-order valence-electron chi connectivity index (χ0n) is 53.1. The number of nitrogens with zero attached hydrogens (tertiary/aromatic N) is 6. The number of methoxy groups -OCH3 is 2. The van der Waals surface area contributed by atoms with Crippen LogP contribution in [0, 0.1) is 58.2 Å². The molecule has 12 rings (SSSR count). The van der Waals surface area contributed by atoms with E-state index in [9.17, 15) is 28.8 Å². The zero-order valence-corrected chi connectivity index (χ0v) is 55.9. The number of hydrogen-bond acceptors (Lipinski definition) is 16. The summed E-state index contributed by atoms with van der Waals surface area (Å²) in [6.45, 7) is 16.2. The Morgan fingerprint density at radius 3 is 1.44 bits per heavy atom. The first-order valence-corrected chi connectivity index (χ1v) is 31.2. The van der Waals surface area contributed by atoms with E-state index >= 15 is 17.6 Å². The Hall–Kier alpha value is -5.97. The van der Waals surface area contributed by atoms with Crippen molar-refractivity contribution in [3.05, 3.63) is 47.8 Å². The number of aromatic nitrogens is 4. The van der Waals surface area contributed by atoms with Gasteiger partial charge in [0, 0.05) is 67.0 Å². The van der Waals surface area contributed by atoms with Crippen molar-refractivity contribution in [2.45, 2.75) is 186 Å². The van der Waals surface area contributed by atoms with Gasteiger partial charge in [-0.3, -0.25) is 9.59 Å². The van der Waals surface area contributed by atoms with Crippen LogP contribution in [0.25, 0.3) is 22.1 Å². The van der Waals surface area contributed by atoms with Gasteiger partial charge in [-0.05, 0) is 123 Å². The van der Waals surface area contributed by atoms with Crippen molar-refractivity contribution in [3.63, 3.8) is 0 Å². The van der Waals surface area contributed by atoms with Crippen molar-refractivity contribution in [2.24, 2.45) is 58.2 Å². The van der Waals surface area contributed by atoms with Crippen molar-refractivity contribution < 1.29 is 112 Å². The van der Waals surface area contributed by atoms with Crippen molar-refractivity contribution >= 4 is 58.6 Å². The number of carbonyl (C=O) groups excluding carboxylic acids is 6. The van der Waals surface area contributed by atoms with Crippen molar-refractivity contribution in [2.75, 3.05) is 27.3 Å².